The van der Waals surface area contributed by atoms with E-state index >= 15 is 0 Å². The zero-order chi connectivity index (χ0) is 11.6. The molecule has 0 aliphatic rings. The van der Waals surface area contributed by atoms with Crippen LogP contribution in [0.3, 0.4) is 0 Å². The molecular formula is C9H13Br2ClN2O2. The molecular weight excluding hydrogens is 363 g/mol. The number of nitrogens with two attached hydrogens (primary N) is 1. The van der Waals surface area contributed by atoms with Gasteiger partial charge in [-0.25, -0.2) is 0 Å². The number of carbonyl (C=O) groups excluding carboxylic acids is 1. The van der Waals surface area contributed by atoms with Gasteiger partial charge in [-0.2, -0.15) is 0 Å². The summed E-state index contributed by atoms with van der Waals surface area (Å²) < 4.78 is 6.81. The van der Waals surface area contributed by atoms with E-state index in [-0.39, 0.29) is 18.3 Å². The minimum Gasteiger partial charge on any atom is -0.451 e. The number of furan rings is 1. The summed E-state index contributed by atoms with van der Waals surface area (Å²) in [6.45, 7) is 2.07. The topological polar surface area (TPSA) is 59.5 Å². The van der Waals surface area contributed by atoms with Gasteiger partial charge in [-0.3, -0.25) is 4.79 Å². The monoisotopic (exact) mass is 374 g/mol. The molecule has 0 fully saturated rings. The van der Waals surface area contributed by atoms with Crippen LogP contribution in [0.1, 0.15) is 12.7 Å². The molecule has 2 N–H and O–H groups in total. The summed E-state index contributed by atoms with van der Waals surface area (Å²) in [6, 6.07) is 1.33. The van der Waals surface area contributed by atoms with Crippen molar-refractivity contribution in [1.82, 2.24) is 4.90 Å². The van der Waals surface area contributed by atoms with Gasteiger partial charge in [-0.05, 0) is 44.8 Å². The van der Waals surface area contributed by atoms with Crippen LogP contribution in [0.4, 0.5) is 0 Å². The van der Waals surface area contributed by atoms with Crippen molar-refractivity contribution < 1.29 is 9.21 Å². The first-order chi connectivity index (χ1) is 6.91. The Morgan fingerprint density at radius 3 is 2.56 bits per heavy atom. The van der Waals surface area contributed by atoms with Crippen LogP contribution in [0.5, 0.6) is 0 Å². The highest BCUT2D eigenvalue weighted by molar-refractivity contribution is 9.13. The van der Waals surface area contributed by atoms with Crippen molar-refractivity contribution in [3.05, 3.63) is 21.0 Å². The van der Waals surface area contributed by atoms with Crippen LogP contribution in [0.25, 0.3) is 0 Å². The highest BCUT2D eigenvalue weighted by atomic mass is 79.9. The van der Waals surface area contributed by atoms with Crippen LogP contribution in [0, 0.1) is 0 Å². The van der Waals surface area contributed by atoms with Crippen molar-refractivity contribution >= 4 is 50.2 Å². The largest absolute Gasteiger partial charge is 0.451 e. The SMILES string of the molecule is C[C@H](N)C(=O)N(C)Cc1cc(Br)c(Br)o1.Cl. The van der Waals surface area contributed by atoms with Crippen molar-refractivity contribution in [2.24, 2.45) is 5.73 Å². The zero-order valence-electron chi connectivity index (χ0n) is 8.87. The number of carbonyl (C=O) groups is 1. The fourth-order valence-corrected chi connectivity index (χ4v) is 1.79. The van der Waals surface area contributed by atoms with Crippen molar-refractivity contribution in [3.63, 3.8) is 0 Å². The Kier molecular flexibility index (Phi) is 6.62. The smallest absolute Gasteiger partial charge is 0.239 e. The average molecular weight is 376 g/mol. The van der Waals surface area contributed by atoms with Crippen LogP contribution in [-0.2, 0) is 11.3 Å². The van der Waals surface area contributed by atoms with E-state index in [1.54, 1.807) is 14.0 Å². The Balaban J connectivity index is 0.00000225. The first-order valence-electron chi connectivity index (χ1n) is 4.36. The maximum absolute atomic E-state index is 11.5. The second-order valence-electron chi connectivity index (χ2n) is 3.32. The first kappa shape index (κ1) is 16.0. The molecule has 0 aromatic carbocycles. The van der Waals surface area contributed by atoms with Crippen molar-refractivity contribution in [3.8, 4) is 0 Å². The fourth-order valence-electron chi connectivity index (χ4n) is 1.13. The summed E-state index contributed by atoms with van der Waals surface area (Å²) in [5, 5.41) is 0. The van der Waals surface area contributed by atoms with E-state index in [9.17, 15) is 4.79 Å². The summed E-state index contributed by atoms with van der Waals surface area (Å²) in [5.74, 6) is 0.587. The molecule has 4 nitrogen and oxygen atoms in total. The molecule has 1 atom stereocenters. The Bertz CT molecular complexity index is 349. The highest BCUT2D eigenvalue weighted by Gasteiger charge is 2.15. The third-order valence-corrected chi connectivity index (χ3v) is 3.57. The lowest BCUT2D eigenvalue weighted by atomic mass is 10.3. The standard InChI is InChI=1S/C9H12Br2N2O2.ClH/c1-5(12)9(14)13(2)4-6-3-7(10)8(11)15-6;/h3,5H,4,12H2,1-2H3;1H/t5-;/m0./s1. The van der Waals surface area contributed by atoms with Gasteiger partial charge in [0.1, 0.15) is 5.76 Å². The van der Waals surface area contributed by atoms with Gasteiger partial charge >= 0.3 is 0 Å². The van der Waals surface area contributed by atoms with Crippen molar-refractivity contribution in [1.29, 1.82) is 0 Å². The second-order valence-corrected chi connectivity index (χ2v) is 4.89. The Hall–Kier alpha value is -0.0400. The van der Waals surface area contributed by atoms with Gasteiger partial charge in [0, 0.05) is 7.05 Å². The maximum Gasteiger partial charge on any atom is 0.239 e. The quantitative estimate of drug-likeness (QED) is 0.882. The highest BCUT2D eigenvalue weighted by Crippen LogP contribution is 2.27. The predicted octanol–water partition coefficient (Wildman–Crippen LogP) is 2.53. The van der Waals surface area contributed by atoms with Gasteiger partial charge in [0.25, 0.3) is 0 Å². The summed E-state index contributed by atoms with van der Waals surface area (Å²) in [5.41, 5.74) is 5.49. The van der Waals surface area contributed by atoms with E-state index in [1.165, 1.54) is 4.90 Å². The molecule has 0 bridgehead atoms. The van der Waals surface area contributed by atoms with Gasteiger partial charge in [-0.15, -0.1) is 12.4 Å². The zero-order valence-corrected chi connectivity index (χ0v) is 12.9. The number of hydrogen-bond donors (Lipinski definition) is 1. The second kappa shape index (κ2) is 6.64. The maximum atomic E-state index is 11.5. The minimum atomic E-state index is -0.489. The molecule has 0 saturated heterocycles. The summed E-state index contributed by atoms with van der Waals surface area (Å²) >= 11 is 6.53. The first-order valence-corrected chi connectivity index (χ1v) is 5.94. The van der Waals surface area contributed by atoms with E-state index in [2.05, 4.69) is 31.9 Å². The Morgan fingerprint density at radius 1 is 1.62 bits per heavy atom. The summed E-state index contributed by atoms with van der Waals surface area (Å²) in [6.07, 6.45) is 0. The molecule has 0 spiro atoms. The van der Waals surface area contributed by atoms with Crippen molar-refractivity contribution in [2.45, 2.75) is 19.5 Å². The van der Waals surface area contributed by atoms with Gasteiger partial charge in [-0.1, -0.05) is 0 Å². The average Bonchev–Trinajstić information content (AvgIpc) is 2.44. The van der Waals surface area contributed by atoms with E-state index in [0.717, 1.165) is 4.47 Å². The molecule has 0 radical (unpaired) electrons. The molecule has 16 heavy (non-hydrogen) atoms. The van der Waals surface area contributed by atoms with Gasteiger partial charge in [0.15, 0.2) is 4.67 Å². The third kappa shape index (κ3) is 4.08. The van der Waals surface area contributed by atoms with Gasteiger partial charge in [0.2, 0.25) is 5.91 Å². The summed E-state index contributed by atoms with van der Waals surface area (Å²) in [7, 11) is 1.69. The lowest BCUT2D eigenvalue weighted by Gasteiger charge is -2.17. The molecule has 1 aromatic rings. The molecule has 0 aliphatic carbocycles. The lowest BCUT2D eigenvalue weighted by molar-refractivity contribution is -0.131. The number of halogens is 3. The fraction of sp³-hybridized carbons (Fsp3) is 0.444. The molecule has 92 valence electrons. The Labute approximate surface area is 117 Å². The van der Waals surface area contributed by atoms with E-state index < -0.39 is 6.04 Å². The molecule has 1 amide bonds. The molecule has 1 aromatic heterocycles. The third-order valence-electron chi connectivity index (χ3n) is 1.85. The van der Waals surface area contributed by atoms with E-state index in [4.69, 9.17) is 10.2 Å². The number of nitrogens with zero attached hydrogens (tertiary/aromatic N) is 1. The number of likely N-dealkylation sites (N-methyl/N-ethyl adjacent to an activating group) is 1. The number of rotatable bonds is 3. The van der Waals surface area contributed by atoms with E-state index in [1.807, 2.05) is 6.07 Å². The van der Waals surface area contributed by atoms with E-state index in [0.29, 0.717) is 17.0 Å². The van der Waals surface area contributed by atoms with Crippen LogP contribution >= 0.6 is 44.3 Å². The number of hydrogen-bond acceptors (Lipinski definition) is 3. The Morgan fingerprint density at radius 2 is 2.19 bits per heavy atom. The van der Waals surface area contributed by atoms with Crippen molar-refractivity contribution in [2.75, 3.05) is 7.05 Å². The summed E-state index contributed by atoms with van der Waals surface area (Å²) in [4.78, 5) is 13.0. The molecule has 0 aliphatic heterocycles. The van der Waals surface area contributed by atoms with Gasteiger partial charge in [0.05, 0.1) is 17.1 Å². The molecule has 0 unspecified atom stereocenters. The molecule has 1 heterocycles. The van der Waals surface area contributed by atoms with Crippen LogP contribution < -0.4 is 5.73 Å². The van der Waals surface area contributed by atoms with Gasteiger partial charge < -0.3 is 15.1 Å². The number of amides is 1. The predicted molar refractivity (Wildman–Crippen MR) is 71.5 cm³/mol. The van der Waals surface area contributed by atoms with Crippen LogP contribution in [0.15, 0.2) is 19.6 Å². The molecule has 7 heteroatoms. The van der Waals surface area contributed by atoms with Crippen LogP contribution in [0.2, 0.25) is 0 Å². The lowest BCUT2D eigenvalue weighted by Crippen LogP contribution is -2.39. The molecule has 1 rings (SSSR count). The van der Waals surface area contributed by atoms with Crippen LogP contribution in [-0.4, -0.2) is 23.9 Å². The molecule has 0 saturated carbocycles. The normalized spacial score (nSPS) is 11.8. The minimum absolute atomic E-state index is 0.